The third-order valence-corrected chi connectivity index (χ3v) is 6.53. The number of hydrogen-bond donors (Lipinski definition) is 1. The summed E-state index contributed by atoms with van der Waals surface area (Å²) in [6, 6.07) is 0. The Bertz CT molecular complexity index is 437. The molecule has 5 rings (SSSR count). The number of aromatic nitrogens is 1. The molecule has 4 aliphatic rings. The molecule has 0 atom stereocenters. The fourth-order valence-electron chi connectivity index (χ4n) is 5.23. The first kappa shape index (κ1) is 11.3. The SMILES string of the molecule is Cc1nc(CC2C3CC4CC(C3)CC2C4)c(N)s1. The minimum atomic E-state index is 0.890. The molecule has 98 valence electrons. The molecular formula is C15H22N2S. The topological polar surface area (TPSA) is 38.9 Å². The lowest BCUT2D eigenvalue weighted by molar-refractivity contribution is -0.0362. The molecule has 1 heterocycles. The number of thiazole rings is 1. The van der Waals surface area contributed by atoms with E-state index in [0.29, 0.717) is 0 Å². The average Bonchev–Trinajstić information content (AvgIpc) is 2.61. The minimum Gasteiger partial charge on any atom is -0.389 e. The van der Waals surface area contributed by atoms with Crippen LogP contribution in [0.15, 0.2) is 0 Å². The van der Waals surface area contributed by atoms with E-state index in [-0.39, 0.29) is 0 Å². The van der Waals surface area contributed by atoms with Crippen molar-refractivity contribution in [3.05, 3.63) is 10.7 Å². The first-order valence-electron chi connectivity index (χ1n) is 7.41. The molecule has 0 aromatic carbocycles. The number of rotatable bonds is 2. The van der Waals surface area contributed by atoms with Gasteiger partial charge in [-0.25, -0.2) is 4.98 Å². The summed E-state index contributed by atoms with van der Waals surface area (Å²) in [5.41, 5.74) is 7.30. The summed E-state index contributed by atoms with van der Waals surface area (Å²) in [7, 11) is 0. The molecule has 0 radical (unpaired) electrons. The fourth-order valence-corrected chi connectivity index (χ4v) is 5.95. The summed E-state index contributed by atoms with van der Waals surface area (Å²) in [6.07, 6.45) is 8.70. The van der Waals surface area contributed by atoms with Gasteiger partial charge in [0.05, 0.1) is 10.7 Å². The Morgan fingerprint density at radius 1 is 1.11 bits per heavy atom. The summed E-state index contributed by atoms with van der Waals surface area (Å²) < 4.78 is 0. The Morgan fingerprint density at radius 3 is 2.22 bits per heavy atom. The molecule has 18 heavy (non-hydrogen) atoms. The van der Waals surface area contributed by atoms with E-state index in [1.54, 1.807) is 11.3 Å². The summed E-state index contributed by atoms with van der Waals surface area (Å²) in [5, 5.41) is 2.10. The fraction of sp³-hybridized carbons (Fsp3) is 0.800. The Balaban J connectivity index is 1.57. The predicted octanol–water partition coefficient (Wildman–Crippen LogP) is 3.65. The van der Waals surface area contributed by atoms with Crippen molar-refractivity contribution in [1.82, 2.24) is 4.98 Å². The van der Waals surface area contributed by atoms with Crippen molar-refractivity contribution < 1.29 is 0 Å². The number of aryl methyl sites for hydroxylation is 1. The van der Waals surface area contributed by atoms with Crippen LogP contribution in [0.4, 0.5) is 5.00 Å². The third-order valence-electron chi connectivity index (χ3n) is 5.69. The van der Waals surface area contributed by atoms with Gasteiger partial charge in [0.2, 0.25) is 0 Å². The zero-order valence-electron chi connectivity index (χ0n) is 11.1. The van der Waals surface area contributed by atoms with Gasteiger partial charge in [-0.3, -0.25) is 0 Å². The highest BCUT2D eigenvalue weighted by molar-refractivity contribution is 7.15. The Hall–Kier alpha value is -0.570. The van der Waals surface area contributed by atoms with E-state index in [9.17, 15) is 0 Å². The van der Waals surface area contributed by atoms with Crippen molar-refractivity contribution in [3.8, 4) is 0 Å². The van der Waals surface area contributed by atoms with Crippen LogP contribution < -0.4 is 5.73 Å². The second kappa shape index (κ2) is 3.96. The van der Waals surface area contributed by atoms with Crippen LogP contribution in [0.1, 0.15) is 42.8 Å². The van der Waals surface area contributed by atoms with Gasteiger partial charge in [-0.15, -0.1) is 11.3 Å². The van der Waals surface area contributed by atoms with Gasteiger partial charge in [0.25, 0.3) is 0 Å². The molecule has 4 fully saturated rings. The van der Waals surface area contributed by atoms with Crippen LogP contribution in [0.5, 0.6) is 0 Å². The van der Waals surface area contributed by atoms with Gasteiger partial charge in [0, 0.05) is 0 Å². The van der Waals surface area contributed by atoms with Gasteiger partial charge in [-0.2, -0.15) is 0 Å². The Kier molecular flexibility index (Phi) is 2.48. The first-order valence-corrected chi connectivity index (χ1v) is 8.22. The van der Waals surface area contributed by atoms with Crippen molar-refractivity contribution in [2.75, 3.05) is 5.73 Å². The van der Waals surface area contributed by atoms with Crippen molar-refractivity contribution >= 4 is 16.3 Å². The van der Waals surface area contributed by atoms with Crippen LogP contribution in [0.25, 0.3) is 0 Å². The van der Waals surface area contributed by atoms with Crippen LogP contribution in [-0.2, 0) is 6.42 Å². The highest BCUT2D eigenvalue weighted by Gasteiger charge is 2.48. The van der Waals surface area contributed by atoms with Gasteiger partial charge in [0.15, 0.2) is 0 Å². The number of nitrogens with two attached hydrogens (primary N) is 1. The maximum atomic E-state index is 6.10. The van der Waals surface area contributed by atoms with E-state index in [4.69, 9.17) is 5.73 Å². The molecule has 4 bridgehead atoms. The molecule has 3 heteroatoms. The van der Waals surface area contributed by atoms with Gasteiger partial charge in [-0.1, -0.05) is 0 Å². The smallest absolute Gasteiger partial charge is 0.109 e. The zero-order chi connectivity index (χ0) is 12.3. The number of nitrogen functional groups attached to an aromatic ring is 1. The van der Waals surface area contributed by atoms with E-state index in [1.807, 2.05) is 0 Å². The van der Waals surface area contributed by atoms with E-state index in [0.717, 1.165) is 46.0 Å². The first-order chi connectivity index (χ1) is 8.69. The normalized spacial score (nSPS) is 41.5. The number of anilines is 1. The van der Waals surface area contributed by atoms with E-state index >= 15 is 0 Å². The number of nitrogens with zero attached hydrogens (tertiary/aromatic N) is 1. The molecule has 4 saturated carbocycles. The van der Waals surface area contributed by atoms with Gasteiger partial charge in [-0.05, 0) is 75.0 Å². The summed E-state index contributed by atoms with van der Waals surface area (Å²) in [4.78, 5) is 4.66. The lowest BCUT2D eigenvalue weighted by atomic mass is 9.51. The average molecular weight is 262 g/mol. The summed E-state index contributed by atoms with van der Waals surface area (Å²) in [5.74, 6) is 5.00. The summed E-state index contributed by atoms with van der Waals surface area (Å²) in [6.45, 7) is 2.07. The van der Waals surface area contributed by atoms with Crippen LogP contribution in [0.3, 0.4) is 0 Å². The molecule has 0 unspecified atom stereocenters. The molecular weight excluding hydrogens is 240 g/mol. The van der Waals surface area contributed by atoms with Crippen molar-refractivity contribution in [2.24, 2.45) is 29.6 Å². The molecule has 1 aromatic rings. The van der Waals surface area contributed by atoms with Gasteiger partial charge >= 0.3 is 0 Å². The van der Waals surface area contributed by atoms with Crippen molar-refractivity contribution in [1.29, 1.82) is 0 Å². The quantitative estimate of drug-likeness (QED) is 0.883. The molecule has 0 saturated heterocycles. The van der Waals surface area contributed by atoms with E-state index < -0.39 is 0 Å². The highest BCUT2D eigenvalue weighted by atomic mass is 32.1. The second-order valence-corrected chi connectivity index (χ2v) is 8.08. The van der Waals surface area contributed by atoms with Gasteiger partial charge in [0.1, 0.15) is 5.00 Å². The minimum absolute atomic E-state index is 0.890. The predicted molar refractivity (Wildman–Crippen MR) is 75.5 cm³/mol. The molecule has 2 N–H and O–H groups in total. The lowest BCUT2D eigenvalue weighted by Gasteiger charge is -2.54. The standard InChI is InChI=1S/C15H22N2S/c1-8-17-14(15(16)18-8)7-13-11-3-9-2-10(5-11)6-12(13)4-9/h9-13H,2-7,16H2,1H3. The van der Waals surface area contributed by atoms with Crippen molar-refractivity contribution in [2.45, 2.75) is 45.4 Å². The second-order valence-electron chi connectivity index (χ2n) is 6.84. The molecule has 2 nitrogen and oxygen atoms in total. The maximum absolute atomic E-state index is 6.10. The van der Waals surface area contributed by atoms with Crippen LogP contribution in [0.2, 0.25) is 0 Å². The largest absolute Gasteiger partial charge is 0.389 e. The summed E-state index contributed by atoms with van der Waals surface area (Å²) >= 11 is 1.66. The maximum Gasteiger partial charge on any atom is 0.109 e. The molecule has 1 aromatic heterocycles. The molecule has 4 aliphatic carbocycles. The van der Waals surface area contributed by atoms with Crippen LogP contribution in [0, 0.1) is 36.5 Å². The van der Waals surface area contributed by atoms with Crippen LogP contribution in [-0.4, -0.2) is 4.98 Å². The van der Waals surface area contributed by atoms with E-state index in [2.05, 4.69) is 11.9 Å². The molecule has 0 aliphatic heterocycles. The van der Waals surface area contributed by atoms with Gasteiger partial charge < -0.3 is 5.73 Å². The van der Waals surface area contributed by atoms with Crippen molar-refractivity contribution in [3.63, 3.8) is 0 Å². The van der Waals surface area contributed by atoms with E-state index in [1.165, 1.54) is 37.8 Å². The Labute approximate surface area is 113 Å². The highest BCUT2D eigenvalue weighted by Crippen LogP contribution is 2.57. The van der Waals surface area contributed by atoms with Crippen LogP contribution >= 0.6 is 11.3 Å². The third kappa shape index (κ3) is 1.70. The monoisotopic (exact) mass is 262 g/mol. The molecule has 0 amide bonds. The molecule has 0 spiro atoms. The zero-order valence-corrected chi connectivity index (χ0v) is 11.9. The Morgan fingerprint density at radius 2 is 1.72 bits per heavy atom. The lowest BCUT2D eigenvalue weighted by Crippen LogP contribution is -2.45. The number of hydrogen-bond acceptors (Lipinski definition) is 3.